The van der Waals surface area contributed by atoms with Crippen molar-refractivity contribution in [3.05, 3.63) is 12.4 Å². The number of anilines is 1. The predicted molar refractivity (Wildman–Crippen MR) is 101 cm³/mol. The van der Waals surface area contributed by atoms with Crippen LogP contribution >= 0.6 is 0 Å². The topological polar surface area (TPSA) is 94.9 Å². The summed E-state index contributed by atoms with van der Waals surface area (Å²) < 4.78 is 1.67. The average Bonchev–Trinajstić information content (AvgIpc) is 2.96. The van der Waals surface area contributed by atoms with Crippen LogP contribution in [-0.4, -0.2) is 70.7 Å². The Labute approximate surface area is 154 Å². The molecule has 26 heavy (non-hydrogen) atoms. The largest absolute Gasteiger partial charge is 0.356 e. The molecule has 1 aliphatic heterocycles. The summed E-state index contributed by atoms with van der Waals surface area (Å²) >= 11 is 0. The summed E-state index contributed by atoms with van der Waals surface area (Å²) in [6, 6.07) is 0. The van der Waals surface area contributed by atoms with E-state index in [1.807, 2.05) is 45.8 Å². The minimum Gasteiger partial charge on any atom is -0.356 e. The lowest BCUT2D eigenvalue weighted by atomic mass is 10.1. The monoisotopic (exact) mass is 363 g/mol. The smallest absolute Gasteiger partial charge is 0.246 e. The Morgan fingerprint density at radius 3 is 2.62 bits per heavy atom. The summed E-state index contributed by atoms with van der Waals surface area (Å²) in [5, 5.41) is 10.2. The molecule has 1 fully saturated rings. The van der Waals surface area contributed by atoms with Gasteiger partial charge in [-0.1, -0.05) is 0 Å². The standard InChI is InChI=1S/C17H29N7O2/c1-6-18-16(19-10-14(25)21-17(2,3)4)23-7-8-24(15(26)12-23)13-9-20-22(5)11-13/h9,11H,6-8,10,12H2,1-5H3,(H,18,19)(H,21,25). The number of aromatic nitrogens is 2. The van der Waals surface area contributed by atoms with Crippen LogP contribution in [0.4, 0.5) is 5.69 Å². The van der Waals surface area contributed by atoms with Gasteiger partial charge in [0.2, 0.25) is 11.8 Å². The van der Waals surface area contributed by atoms with E-state index in [2.05, 4.69) is 20.7 Å². The van der Waals surface area contributed by atoms with E-state index >= 15 is 0 Å². The number of nitrogens with zero attached hydrogens (tertiary/aromatic N) is 5. The van der Waals surface area contributed by atoms with Gasteiger partial charge in [-0.05, 0) is 27.7 Å². The molecule has 0 atom stereocenters. The van der Waals surface area contributed by atoms with Gasteiger partial charge in [0, 0.05) is 38.4 Å². The Bertz CT molecular complexity index is 675. The zero-order chi connectivity index (χ0) is 19.3. The van der Waals surface area contributed by atoms with Crippen molar-refractivity contribution in [3.63, 3.8) is 0 Å². The van der Waals surface area contributed by atoms with Crippen LogP contribution < -0.4 is 15.5 Å². The zero-order valence-electron chi connectivity index (χ0n) is 16.2. The summed E-state index contributed by atoms with van der Waals surface area (Å²) in [7, 11) is 1.82. The molecule has 2 amide bonds. The van der Waals surface area contributed by atoms with Crippen LogP contribution in [0.5, 0.6) is 0 Å². The fourth-order valence-electron chi connectivity index (χ4n) is 2.70. The van der Waals surface area contributed by atoms with E-state index in [-0.39, 0.29) is 30.4 Å². The number of amides is 2. The minimum atomic E-state index is -0.295. The van der Waals surface area contributed by atoms with Gasteiger partial charge < -0.3 is 20.4 Å². The van der Waals surface area contributed by atoms with E-state index in [1.54, 1.807) is 15.8 Å². The maximum atomic E-state index is 12.5. The fourth-order valence-corrected chi connectivity index (χ4v) is 2.70. The minimum absolute atomic E-state index is 0.0194. The number of guanidine groups is 1. The first kappa shape index (κ1) is 19.7. The average molecular weight is 363 g/mol. The van der Waals surface area contributed by atoms with Gasteiger partial charge in [-0.25, -0.2) is 4.99 Å². The summed E-state index contributed by atoms with van der Waals surface area (Å²) in [5.41, 5.74) is 0.500. The van der Waals surface area contributed by atoms with Gasteiger partial charge in [-0.2, -0.15) is 5.10 Å². The van der Waals surface area contributed by atoms with Crippen molar-refractivity contribution in [1.82, 2.24) is 25.3 Å². The number of piperazine rings is 1. The summed E-state index contributed by atoms with van der Waals surface area (Å²) in [4.78, 5) is 32.5. The molecule has 0 spiro atoms. The van der Waals surface area contributed by atoms with Gasteiger partial charge in [-0.3, -0.25) is 14.3 Å². The quantitative estimate of drug-likeness (QED) is 0.578. The lowest BCUT2D eigenvalue weighted by molar-refractivity contribution is -0.121. The van der Waals surface area contributed by atoms with Crippen LogP contribution in [0, 0.1) is 0 Å². The number of nitrogens with one attached hydrogen (secondary N) is 2. The maximum absolute atomic E-state index is 12.5. The number of aliphatic imine (C=N–C) groups is 1. The van der Waals surface area contributed by atoms with Crippen molar-refractivity contribution in [1.29, 1.82) is 0 Å². The molecule has 0 saturated carbocycles. The van der Waals surface area contributed by atoms with Crippen LogP contribution in [0.15, 0.2) is 17.4 Å². The zero-order valence-corrected chi connectivity index (χ0v) is 16.2. The van der Waals surface area contributed by atoms with Crippen LogP contribution in [0.2, 0.25) is 0 Å². The molecule has 0 aromatic carbocycles. The highest BCUT2D eigenvalue weighted by molar-refractivity contribution is 5.98. The molecular weight excluding hydrogens is 334 g/mol. The van der Waals surface area contributed by atoms with Gasteiger partial charge in [0.25, 0.3) is 0 Å². The van der Waals surface area contributed by atoms with Crippen LogP contribution in [0.1, 0.15) is 27.7 Å². The van der Waals surface area contributed by atoms with E-state index < -0.39 is 0 Å². The molecule has 2 rings (SSSR count). The molecule has 0 aliphatic carbocycles. The number of aryl methyl sites for hydroxylation is 1. The second-order valence-electron chi connectivity index (χ2n) is 7.31. The Morgan fingerprint density at radius 2 is 2.08 bits per heavy atom. The first-order valence-electron chi connectivity index (χ1n) is 8.83. The van der Waals surface area contributed by atoms with Gasteiger partial charge in [0.1, 0.15) is 13.1 Å². The van der Waals surface area contributed by atoms with Crippen LogP contribution in [-0.2, 0) is 16.6 Å². The molecule has 9 nitrogen and oxygen atoms in total. The van der Waals surface area contributed by atoms with Crippen molar-refractivity contribution in [3.8, 4) is 0 Å². The molecule has 0 bridgehead atoms. The first-order chi connectivity index (χ1) is 12.2. The molecule has 0 radical (unpaired) electrons. The Balaban J connectivity index is 2.01. The Kier molecular flexibility index (Phi) is 6.23. The summed E-state index contributed by atoms with van der Waals surface area (Å²) in [6.07, 6.45) is 3.51. The molecule has 0 unspecified atom stereocenters. The molecular formula is C17H29N7O2. The van der Waals surface area contributed by atoms with Gasteiger partial charge in [0.05, 0.1) is 11.9 Å². The third-order valence-corrected chi connectivity index (χ3v) is 3.74. The molecule has 1 saturated heterocycles. The second-order valence-corrected chi connectivity index (χ2v) is 7.31. The number of carbonyl (C=O) groups excluding carboxylic acids is 2. The van der Waals surface area contributed by atoms with Gasteiger partial charge in [0.15, 0.2) is 5.96 Å². The van der Waals surface area contributed by atoms with Crippen molar-refractivity contribution >= 4 is 23.5 Å². The maximum Gasteiger partial charge on any atom is 0.246 e. The Hall–Kier alpha value is -2.58. The van der Waals surface area contributed by atoms with Crippen molar-refractivity contribution in [2.45, 2.75) is 33.2 Å². The van der Waals surface area contributed by atoms with Crippen molar-refractivity contribution < 1.29 is 9.59 Å². The van der Waals surface area contributed by atoms with E-state index in [1.165, 1.54) is 0 Å². The van der Waals surface area contributed by atoms with E-state index in [9.17, 15) is 9.59 Å². The van der Waals surface area contributed by atoms with Gasteiger partial charge >= 0.3 is 0 Å². The summed E-state index contributed by atoms with van der Waals surface area (Å²) in [6.45, 7) is 9.81. The van der Waals surface area contributed by atoms with Crippen molar-refractivity contribution in [2.75, 3.05) is 37.6 Å². The highest BCUT2D eigenvalue weighted by atomic mass is 16.2. The second kappa shape index (κ2) is 8.20. The number of hydrogen-bond donors (Lipinski definition) is 2. The lowest BCUT2D eigenvalue weighted by Crippen LogP contribution is -2.55. The van der Waals surface area contributed by atoms with Gasteiger partial charge in [-0.15, -0.1) is 0 Å². The van der Waals surface area contributed by atoms with E-state index in [4.69, 9.17) is 0 Å². The van der Waals surface area contributed by atoms with E-state index in [0.29, 0.717) is 25.6 Å². The van der Waals surface area contributed by atoms with E-state index in [0.717, 1.165) is 5.69 Å². The predicted octanol–water partition coefficient (Wildman–Crippen LogP) is -0.0511. The molecule has 2 heterocycles. The lowest BCUT2D eigenvalue weighted by Gasteiger charge is -2.35. The summed E-state index contributed by atoms with van der Waals surface area (Å²) in [5.74, 6) is 0.415. The molecule has 1 aromatic rings. The van der Waals surface area contributed by atoms with Crippen LogP contribution in [0.3, 0.4) is 0 Å². The SMILES string of the molecule is CCNC(=NCC(=O)NC(C)(C)C)N1CCN(c2cnn(C)c2)C(=O)C1. The third kappa shape index (κ3) is 5.47. The first-order valence-corrected chi connectivity index (χ1v) is 8.83. The third-order valence-electron chi connectivity index (χ3n) is 3.74. The van der Waals surface area contributed by atoms with Crippen LogP contribution in [0.25, 0.3) is 0 Å². The molecule has 1 aromatic heterocycles. The highest BCUT2D eigenvalue weighted by Gasteiger charge is 2.27. The molecule has 1 aliphatic rings. The molecule has 2 N–H and O–H groups in total. The highest BCUT2D eigenvalue weighted by Crippen LogP contribution is 2.16. The Morgan fingerprint density at radius 1 is 1.35 bits per heavy atom. The normalized spacial score (nSPS) is 16.0. The molecule has 9 heteroatoms. The number of rotatable bonds is 4. The number of hydrogen-bond acceptors (Lipinski definition) is 4. The fraction of sp³-hybridized carbons (Fsp3) is 0.647. The number of carbonyl (C=O) groups is 2. The molecule has 144 valence electrons. The van der Waals surface area contributed by atoms with Crippen molar-refractivity contribution in [2.24, 2.45) is 12.0 Å².